The van der Waals surface area contributed by atoms with E-state index in [1.54, 1.807) is 12.3 Å². The topological polar surface area (TPSA) is 22.8 Å². The van der Waals surface area contributed by atoms with Gasteiger partial charge in [-0.2, -0.15) is 0 Å². The summed E-state index contributed by atoms with van der Waals surface area (Å²) in [6, 6.07) is 6.83. The minimum atomic E-state index is -0.189. The maximum Gasteiger partial charge on any atom is 0.123 e. The third-order valence-corrected chi connectivity index (χ3v) is 3.24. The number of aromatic nitrogens is 3. The standard InChI is InChI=1S/C14H14FN3/c1-11-16-5-7-17(11)8-9-18-6-4-12-10-13(15)2-3-14(12)18/h2-7,10H,8-9H2,1H3. The fourth-order valence-corrected chi connectivity index (χ4v) is 2.22. The van der Waals surface area contributed by atoms with Gasteiger partial charge in [0.15, 0.2) is 0 Å². The number of imidazole rings is 1. The van der Waals surface area contributed by atoms with E-state index in [2.05, 4.69) is 14.1 Å². The number of aryl methyl sites for hydroxylation is 3. The summed E-state index contributed by atoms with van der Waals surface area (Å²) in [5, 5.41) is 0.942. The van der Waals surface area contributed by atoms with Crippen LogP contribution in [0, 0.1) is 12.7 Å². The van der Waals surface area contributed by atoms with Gasteiger partial charge in [0.25, 0.3) is 0 Å². The Bertz CT molecular complexity index is 681. The number of hydrogen-bond donors (Lipinski definition) is 0. The molecule has 2 heterocycles. The molecular formula is C14H14FN3. The van der Waals surface area contributed by atoms with Crippen molar-refractivity contribution < 1.29 is 4.39 Å². The highest BCUT2D eigenvalue weighted by Crippen LogP contribution is 2.17. The van der Waals surface area contributed by atoms with Crippen LogP contribution in [0.25, 0.3) is 10.9 Å². The number of nitrogens with zero attached hydrogens (tertiary/aromatic N) is 3. The van der Waals surface area contributed by atoms with Crippen LogP contribution in [0.5, 0.6) is 0 Å². The molecule has 2 aromatic heterocycles. The lowest BCUT2D eigenvalue weighted by Crippen LogP contribution is -2.07. The summed E-state index contributed by atoms with van der Waals surface area (Å²) in [7, 11) is 0. The van der Waals surface area contributed by atoms with E-state index in [0.717, 1.165) is 29.8 Å². The van der Waals surface area contributed by atoms with Crippen LogP contribution < -0.4 is 0 Å². The van der Waals surface area contributed by atoms with Crippen LogP contribution in [0.2, 0.25) is 0 Å². The molecular weight excluding hydrogens is 229 g/mol. The molecule has 0 N–H and O–H groups in total. The van der Waals surface area contributed by atoms with E-state index < -0.39 is 0 Å². The second kappa shape index (κ2) is 4.29. The zero-order valence-corrected chi connectivity index (χ0v) is 10.2. The second-order valence-corrected chi connectivity index (χ2v) is 4.38. The van der Waals surface area contributed by atoms with Gasteiger partial charge in [-0.25, -0.2) is 9.37 Å². The Kier molecular flexibility index (Phi) is 2.63. The minimum Gasteiger partial charge on any atom is -0.346 e. The molecule has 0 spiro atoms. The maximum atomic E-state index is 13.1. The van der Waals surface area contributed by atoms with Gasteiger partial charge in [-0.15, -0.1) is 0 Å². The molecule has 0 radical (unpaired) electrons. The van der Waals surface area contributed by atoms with Crippen molar-refractivity contribution >= 4 is 10.9 Å². The summed E-state index contributed by atoms with van der Waals surface area (Å²) >= 11 is 0. The first-order valence-electron chi connectivity index (χ1n) is 5.96. The first-order chi connectivity index (χ1) is 8.74. The van der Waals surface area contributed by atoms with Crippen LogP contribution in [-0.2, 0) is 13.1 Å². The van der Waals surface area contributed by atoms with Crippen molar-refractivity contribution in [3.63, 3.8) is 0 Å². The molecule has 0 aliphatic heterocycles. The van der Waals surface area contributed by atoms with Gasteiger partial charge in [-0.05, 0) is 31.2 Å². The number of halogens is 1. The van der Waals surface area contributed by atoms with Crippen LogP contribution in [0.4, 0.5) is 4.39 Å². The van der Waals surface area contributed by atoms with Gasteiger partial charge in [0.1, 0.15) is 11.6 Å². The summed E-state index contributed by atoms with van der Waals surface area (Å²) < 4.78 is 17.3. The van der Waals surface area contributed by atoms with Gasteiger partial charge in [-0.3, -0.25) is 0 Å². The zero-order valence-electron chi connectivity index (χ0n) is 10.2. The lowest BCUT2D eigenvalue weighted by Gasteiger charge is -2.07. The van der Waals surface area contributed by atoms with Gasteiger partial charge >= 0.3 is 0 Å². The highest BCUT2D eigenvalue weighted by Gasteiger charge is 2.03. The van der Waals surface area contributed by atoms with Crippen LogP contribution in [0.3, 0.4) is 0 Å². The first-order valence-corrected chi connectivity index (χ1v) is 5.96. The fraction of sp³-hybridized carbons (Fsp3) is 0.214. The summed E-state index contributed by atoms with van der Waals surface area (Å²) in [5.74, 6) is 0.822. The molecule has 0 aliphatic carbocycles. The SMILES string of the molecule is Cc1nccn1CCn1ccc2cc(F)ccc21. The van der Waals surface area contributed by atoms with E-state index in [9.17, 15) is 4.39 Å². The average Bonchev–Trinajstić information content (AvgIpc) is 2.93. The van der Waals surface area contributed by atoms with Gasteiger partial charge in [0, 0.05) is 42.6 Å². The molecule has 0 saturated carbocycles. The van der Waals surface area contributed by atoms with Crippen molar-refractivity contribution in [2.75, 3.05) is 0 Å². The molecule has 3 rings (SSSR count). The Morgan fingerprint density at radius 2 is 1.94 bits per heavy atom. The Morgan fingerprint density at radius 1 is 1.11 bits per heavy atom. The molecule has 0 fully saturated rings. The van der Waals surface area contributed by atoms with E-state index in [-0.39, 0.29) is 5.82 Å². The monoisotopic (exact) mass is 243 g/mol. The Labute approximate surface area is 104 Å². The molecule has 92 valence electrons. The predicted molar refractivity (Wildman–Crippen MR) is 68.9 cm³/mol. The normalized spacial score (nSPS) is 11.2. The molecule has 1 aromatic carbocycles. The van der Waals surface area contributed by atoms with Crippen molar-refractivity contribution in [1.29, 1.82) is 0 Å². The van der Waals surface area contributed by atoms with E-state index in [4.69, 9.17) is 0 Å². The lowest BCUT2D eigenvalue weighted by molar-refractivity contribution is 0.580. The summed E-state index contributed by atoms with van der Waals surface area (Å²) in [6.45, 7) is 3.71. The quantitative estimate of drug-likeness (QED) is 0.693. The van der Waals surface area contributed by atoms with Crippen molar-refractivity contribution in [3.05, 3.63) is 54.5 Å². The lowest BCUT2D eigenvalue weighted by atomic mass is 10.2. The molecule has 4 heteroatoms. The molecule has 0 bridgehead atoms. The molecule has 0 unspecified atom stereocenters. The zero-order chi connectivity index (χ0) is 12.5. The van der Waals surface area contributed by atoms with Crippen molar-refractivity contribution in [3.8, 4) is 0 Å². The van der Waals surface area contributed by atoms with E-state index >= 15 is 0 Å². The van der Waals surface area contributed by atoms with E-state index in [0.29, 0.717) is 0 Å². The predicted octanol–water partition coefficient (Wildman–Crippen LogP) is 2.99. The number of hydrogen-bond acceptors (Lipinski definition) is 1. The van der Waals surface area contributed by atoms with Gasteiger partial charge in [-0.1, -0.05) is 0 Å². The molecule has 0 atom stereocenters. The number of benzene rings is 1. The summed E-state index contributed by atoms with van der Waals surface area (Å²) in [6.07, 6.45) is 5.77. The third kappa shape index (κ3) is 1.90. The minimum absolute atomic E-state index is 0.189. The Hall–Kier alpha value is -2.10. The van der Waals surface area contributed by atoms with Gasteiger partial charge in [0.2, 0.25) is 0 Å². The number of fused-ring (bicyclic) bond motifs is 1. The molecule has 0 saturated heterocycles. The van der Waals surface area contributed by atoms with Crippen LogP contribution in [0.1, 0.15) is 5.82 Å². The van der Waals surface area contributed by atoms with Crippen molar-refractivity contribution in [1.82, 2.24) is 14.1 Å². The molecule has 0 aliphatic rings. The van der Waals surface area contributed by atoms with Crippen molar-refractivity contribution in [2.45, 2.75) is 20.0 Å². The van der Waals surface area contributed by atoms with Gasteiger partial charge < -0.3 is 9.13 Å². The van der Waals surface area contributed by atoms with Crippen LogP contribution in [0.15, 0.2) is 42.9 Å². The highest BCUT2D eigenvalue weighted by atomic mass is 19.1. The Balaban J connectivity index is 1.85. The molecule has 0 amide bonds. The largest absolute Gasteiger partial charge is 0.346 e. The first kappa shape index (κ1) is 11.0. The van der Waals surface area contributed by atoms with E-state index in [1.807, 2.05) is 31.5 Å². The van der Waals surface area contributed by atoms with Gasteiger partial charge in [0.05, 0.1) is 0 Å². The van der Waals surface area contributed by atoms with Crippen LogP contribution in [-0.4, -0.2) is 14.1 Å². The fourth-order valence-electron chi connectivity index (χ4n) is 2.22. The van der Waals surface area contributed by atoms with Crippen molar-refractivity contribution in [2.24, 2.45) is 0 Å². The summed E-state index contributed by atoms with van der Waals surface area (Å²) in [4.78, 5) is 4.19. The summed E-state index contributed by atoms with van der Waals surface area (Å²) in [5.41, 5.74) is 1.06. The van der Waals surface area contributed by atoms with E-state index in [1.165, 1.54) is 6.07 Å². The smallest absolute Gasteiger partial charge is 0.123 e. The number of rotatable bonds is 3. The highest BCUT2D eigenvalue weighted by molar-refractivity contribution is 5.80. The third-order valence-electron chi connectivity index (χ3n) is 3.24. The molecule has 3 nitrogen and oxygen atoms in total. The maximum absolute atomic E-state index is 13.1. The van der Waals surface area contributed by atoms with Crippen LogP contribution >= 0.6 is 0 Å². The molecule has 18 heavy (non-hydrogen) atoms. The Morgan fingerprint density at radius 3 is 2.72 bits per heavy atom. The molecule has 3 aromatic rings. The second-order valence-electron chi connectivity index (χ2n) is 4.38. The average molecular weight is 243 g/mol.